The van der Waals surface area contributed by atoms with Gasteiger partial charge in [-0.1, -0.05) is 18.2 Å². The molecule has 1 aliphatic heterocycles. The first kappa shape index (κ1) is 14.4. The van der Waals surface area contributed by atoms with Crippen molar-refractivity contribution in [2.45, 2.75) is 12.5 Å². The van der Waals surface area contributed by atoms with Crippen molar-refractivity contribution in [1.29, 1.82) is 0 Å². The number of benzene rings is 2. The Kier molecular flexibility index (Phi) is 4.28. The van der Waals surface area contributed by atoms with Crippen LogP contribution in [-0.2, 0) is 0 Å². The molecule has 0 bridgehead atoms. The van der Waals surface area contributed by atoms with E-state index in [9.17, 15) is 4.79 Å². The molecule has 0 N–H and O–H groups in total. The molecule has 1 aliphatic rings. The Hall–Kier alpha value is -2.49. The van der Waals surface area contributed by atoms with E-state index in [1.165, 1.54) is 0 Å². The predicted molar refractivity (Wildman–Crippen MR) is 84.4 cm³/mol. The number of ether oxygens (including phenoxy) is 2. The summed E-state index contributed by atoms with van der Waals surface area (Å²) in [7, 11) is 1.64. The van der Waals surface area contributed by atoms with Crippen LogP contribution in [0.15, 0.2) is 54.6 Å². The summed E-state index contributed by atoms with van der Waals surface area (Å²) < 4.78 is 11.1. The van der Waals surface area contributed by atoms with Crippen LogP contribution in [0.25, 0.3) is 0 Å². The van der Waals surface area contributed by atoms with Crippen LogP contribution in [-0.4, -0.2) is 37.1 Å². The number of rotatable bonds is 4. The maximum absolute atomic E-state index is 12.4. The molecule has 4 nitrogen and oxygen atoms in total. The minimum Gasteiger partial charge on any atom is -0.497 e. The van der Waals surface area contributed by atoms with E-state index in [0.29, 0.717) is 6.54 Å². The molecule has 1 heterocycles. The lowest BCUT2D eigenvalue weighted by Gasteiger charge is -2.17. The Bertz CT molecular complexity index is 625. The second-order valence-electron chi connectivity index (χ2n) is 5.32. The van der Waals surface area contributed by atoms with Crippen LogP contribution < -0.4 is 9.47 Å². The van der Waals surface area contributed by atoms with Gasteiger partial charge in [-0.15, -0.1) is 0 Å². The monoisotopic (exact) mass is 297 g/mol. The van der Waals surface area contributed by atoms with Crippen molar-refractivity contribution >= 4 is 5.91 Å². The molecule has 2 aromatic carbocycles. The number of carbonyl (C=O) groups is 1. The molecule has 0 aromatic heterocycles. The lowest BCUT2D eigenvalue weighted by molar-refractivity contribution is 0.0772. The van der Waals surface area contributed by atoms with Crippen molar-refractivity contribution in [2.24, 2.45) is 0 Å². The third-order valence-corrected chi connectivity index (χ3v) is 3.82. The number of likely N-dealkylation sites (tertiary alicyclic amines) is 1. The van der Waals surface area contributed by atoms with Crippen LogP contribution in [0.3, 0.4) is 0 Å². The molecule has 0 saturated carbocycles. The molecule has 0 aliphatic carbocycles. The van der Waals surface area contributed by atoms with Gasteiger partial charge in [-0.2, -0.15) is 0 Å². The molecule has 0 spiro atoms. The molecule has 1 unspecified atom stereocenters. The third kappa shape index (κ3) is 3.22. The topological polar surface area (TPSA) is 38.8 Å². The number of hydrogen-bond acceptors (Lipinski definition) is 3. The SMILES string of the molecule is COc1ccc(OC2CCN(C(=O)c3ccccc3)C2)cc1. The summed E-state index contributed by atoms with van der Waals surface area (Å²) in [5.74, 6) is 1.68. The first-order chi connectivity index (χ1) is 10.8. The molecular weight excluding hydrogens is 278 g/mol. The Labute approximate surface area is 130 Å². The first-order valence-electron chi connectivity index (χ1n) is 7.41. The molecule has 22 heavy (non-hydrogen) atoms. The molecule has 3 rings (SSSR count). The van der Waals surface area contributed by atoms with Gasteiger partial charge in [-0.05, 0) is 36.4 Å². The summed E-state index contributed by atoms with van der Waals surface area (Å²) in [6.07, 6.45) is 0.894. The van der Waals surface area contributed by atoms with Crippen molar-refractivity contribution in [3.8, 4) is 11.5 Å². The maximum atomic E-state index is 12.4. The number of hydrogen-bond donors (Lipinski definition) is 0. The minimum absolute atomic E-state index is 0.0426. The third-order valence-electron chi connectivity index (χ3n) is 3.82. The Morgan fingerprint density at radius 2 is 1.73 bits per heavy atom. The Morgan fingerprint density at radius 1 is 1.05 bits per heavy atom. The van der Waals surface area contributed by atoms with Crippen LogP contribution >= 0.6 is 0 Å². The highest BCUT2D eigenvalue weighted by atomic mass is 16.5. The fourth-order valence-corrected chi connectivity index (χ4v) is 2.62. The number of methoxy groups -OCH3 is 1. The molecule has 2 aromatic rings. The van der Waals surface area contributed by atoms with Gasteiger partial charge in [0.15, 0.2) is 0 Å². The Morgan fingerprint density at radius 3 is 2.41 bits per heavy atom. The highest BCUT2D eigenvalue weighted by Gasteiger charge is 2.28. The number of amides is 1. The van der Waals surface area contributed by atoms with Crippen LogP contribution in [0, 0.1) is 0 Å². The fraction of sp³-hybridized carbons (Fsp3) is 0.278. The van der Waals surface area contributed by atoms with Crippen molar-refractivity contribution < 1.29 is 14.3 Å². The zero-order valence-electron chi connectivity index (χ0n) is 12.6. The Balaban J connectivity index is 1.59. The van der Waals surface area contributed by atoms with E-state index < -0.39 is 0 Å². The summed E-state index contributed by atoms with van der Waals surface area (Å²) in [6, 6.07) is 16.9. The second kappa shape index (κ2) is 6.52. The van der Waals surface area contributed by atoms with Gasteiger partial charge in [-0.3, -0.25) is 4.79 Å². The summed E-state index contributed by atoms with van der Waals surface area (Å²) in [5.41, 5.74) is 0.729. The zero-order valence-corrected chi connectivity index (χ0v) is 12.6. The lowest BCUT2D eigenvalue weighted by atomic mass is 10.2. The van der Waals surface area contributed by atoms with Crippen molar-refractivity contribution in [3.63, 3.8) is 0 Å². The lowest BCUT2D eigenvalue weighted by Crippen LogP contribution is -2.30. The van der Waals surface area contributed by atoms with Gasteiger partial charge in [0.25, 0.3) is 5.91 Å². The quantitative estimate of drug-likeness (QED) is 0.871. The molecule has 1 saturated heterocycles. The van der Waals surface area contributed by atoms with Gasteiger partial charge in [0.05, 0.1) is 13.7 Å². The molecule has 1 atom stereocenters. The van der Waals surface area contributed by atoms with Gasteiger partial charge in [0.1, 0.15) is 17.6 Å². The van der Waals surface area contributed by atoms with Gasteiger partial charge >= 0.3 is 0 Å². The summed E-state index contributed by atoms with van der Waals surface area (Å²) >= 11 is 0. The summed E-state index contributed by atoms with van der Waals surface area (Å²) in [5, 5.41) is 0. The van der Waals surface area contributed by atoms with E-state index in [-0.39, 0.29) is 12.0 Å². The molecule has 114 valence electrons. The standard InChI is InChI=1S/C18H19NO3/c1-21-15-7-9-16(10-8-15)22-17-11-12-19(13-17)18(20)14-5-3-2-4-6-14/h2-10,17H,11-13H2,1H3. The van der Waals surface area contributed by atoms with Crippen LogP contribution in [0.1, 0.15) is 16.8 Å². The maximum Gasteiger partial charge on any atom is 0.253 e. The van der Waals surface area contributed by atoms with Crippen molar-refractivity contribution in [3.05, 3.63) is 60.2 Å². The summed E-state index contributed by atoms with van der Waals surface area (Å²) in [6.45, 7) is 1.36. The molecule has 1 fully saturated rings. The molecular formula is C18H19NO3. The van der Waals surface area contributed by atoms with E-state index in [2.05, 4.69) is 0 Å². The van der Waals surface area contributed by atoms with Gasteiger partial charge in [0.2, 0.25) is 0 Å². The van der Waals surface area contributed by atoms with Gasteiger partial charge in [-0.25, -0.2) is 0 Å². The first-order valence-corrected chi connectivity index (χ1v) is 7.41. The van der Waals surface area contributed by atoms with E-state index >= 15 is 0 Å². The molecule has 4 heteroatoms. The average Bonchev–Trinajstić information content (AvgIpc) is 3.04. The second-order valence-corrected chi connectivity index (χ2v) is 5.32. The van der Waals surface area contributed by atoms with Gasteiger partial charge in [0, 0.05) is 18.5 Å². The molecule has 0 radical (unpaired) electrons. The highest BCUT2D eigenvalue weighted by Crippen LogP contribution is 2.22. The van der Waals surface area contributed by atoms with Gasteiger partial charge < -0.3 is 14.4 Å². The minimum atomic E-state index is 0.0426. The van der Waals surface area contributed by atoms with Crippen molar-refractivity contribution in [2.75, 3.05) is 20.2 Å². The van der Waals surface area contributed by atoms with Crippen LogP contribution in [0.4, 0.5) is 0 Å². The average molecular weight is 297 g/mol. The van der Waals surface area contributed by atoms with E-state index in [1.807, 2.05) is 59.5 Å². The van der Waals surface area contributed by atoms with E-state index in [4.69, 9.17) is 9.47 Å². The number of nitrogens with zero attached hydrogens (tertiary/aromatic N) is 1. The largest absolute Gasteiger partial charge is 0.497 e. The van der Waals surface area contributed by atoms with E-state index in [0.717, 1.165) is 30.0 Å². The predicted octanol–water partition coefficient (Wildman–Crippen LogP) is 2.99. The zero-order chi connectivity index (χ0) is 15.4. The molecule has 1 amide bonds. The summed E-state index contributed by atoms with van der Waals surface area (Å²) in [4.78, 5) is 14.2. The normalized spacial score (nSPS) is 17.3. The van der Waals surface area contributed by atoms with Crippen molar-refractivity contribution in [1.82, 2.24) is 4.90 Å². The van der Waals surface area contributed by atoms with Crippen LogP contribution in [0.5, 0.6) is 11.5 Å². The van der Waals surface area contributed by atoms with Crippen LogP contribution in [0.2, 0.25) is 0 Å². The smallest absolute Gasteiger partial charge is 0.253 e. The fourth-order valence-electron chi connectivity index (χ4n) is 2.62. The number of carbonyl (C=O) groups excluding carboxylic acids is 1. The highest BCUT2D eigenvalue weighted by molar-refractivity contribution is 5.94. The van der Waals surface area contributed by atoms with E-state index in [1.54, 1.807) is 7.11 Å².